The van der Waals surface area contributed by atoms with E-state index in [9.17, 15) is 0 Å². The second kappa shape index (κ2) is 3.26. The molecule has 0 aliphatic heterocycles. The van der Waals surface area contributed by atoms with E-state index < -0.39 is 7.12 Å². The first-order valence-electron chi connectivity index (χ1n) is 3.28. The number of nitrogens with zero attached hydrogens (tertiary/aromatic N) is 1. The number of rotatable bonds is 1. The molecule has 0 aromatic heterocycles. The van der Waals surface area contributed by atoms with E-state index in [1.54, 1.807) is 0 Å². The molecular weight excluding hydrogens is 155 g/mol. The average Bonchev–Trinajstić information content (AvgIpc) is 2.03. The first kappa shape index (κ1) is 8.59. The molecular formula is C7H7BN2O2. The van der Waals surface area contributed by atoms with Crippen molar-refractivity contribution < 1.29 is 10.0 Å². The maximum Gasteiger partial charge on any atom is 0.490 e. The van der Waals surface area contributed by atoms with Gasteiger partial charge in [-0.3, -0.25) is 0 Å². The van der Waals surface area contributed by atoms with E-state index in [4.69, 9.17) is 22.4 Å². The molecule has 0 bridgehead atoms. The van der Waals surface area contributed by atoms with E-state index in [1.165, 1.54) is 18.2 Å². The minimum Gasteiger partial charge on any atom is -0.423 e. The molecule has 1 aromatic carbocycles. The van der Waals surface area contributed by atoms with Crippen molar-refractivity contribution in [3.8, 4) is 0 Å². The third kappa shape index (κ3) is 1.56. The number of hydrogen-bond donors (Lipinski definition) is 3. The van der Waals surface area contributed by atoms with Crippen molar-refractivity contribution >= 4 is 24.0 Å². The first-order valence-corrected chi connectivity index (χ1v) is 3.28. The minimum atomic E-state index is -1.58. The number of anilines is 1. The summed E-state index contributed by atoms with van der Waals surface area (Å²) in [5.74, 6) is 0. The molecule has 0 saturated heterocycles. The Labute approximate surface area is 70.2 Å². The van der Waals surface area contributed by atoms with E-state index in [-0.39, 0.29) is 11.2 Å². The average molecular weight is 162 g/mol. The van der Waals surface area contributed by atoms with Gasteiger partial charge in [0.2, 0.25) is 0 Å². The Morgan fingerprint density at radius 1 is 1.42 bits per heavy atom. The van der Waals surface area contributed by atoms with Crippen LogP contribution in [0.1, 0.15) is 0 Å². The Balaban J connectivity index is 3.14. The fraction of sp³-hybridized carbons (Fsp3) is 0. The third-order valence-electron chi connectivity index (χ3n) is 1.48. The monoisotopic (exact) mass is 162 g/mol. The normalized spacial score (nSPS) is 9.08. The summed E-state index contributed by atoms with van der Waals surface area (Å²) in [5, 5.41) is 17.5. The van der Waals surface area contributed by atoms with Crippen molar-refractivity contribution in [2.24, 2.45) is 0 Å². The maximum atomic E-state index is 8.77. The second-order valence-electron chi connectivity index (χ2n) is 2.30. The van der Waals surface area contributed by atoms with Crippen LogP contribution >= 0.6 is 0 Å². The van der Waals surface area contributed by atoms with Crippen LogP contribution in [0.5, 0.6) is 0 Å². The third-order valence-corrected chi connectivity index (χ3v) is 1.48. The standard InChI is InChI=1S/C7H7BN2O2/c1-10-5-2-3-6(8(11)12)7(9)4-5/h2-4,11-12H,9H2. The van der Waals surface area contributed by atoms with Gasteiger partial charge in [-0.05, 0) is 6.07 Å². The van der Waals surface area contributed by atoms with E-state index in [0.717, 1.165) is 0 Å². The predicted octanol–water partition coefficient (Wildman–Crippen LogP) is -0.501. The molecule has 60 valence electrons. The van der Waals surface area contributed by atoms with E-state index >= 15 is 0 Å². The second-order valence-corrected chi connectivity index (χ2v) is 2.30. The molecule has 0 fully saturated rings. The maximum absolute atomic E-state index is 8.77. The highest BCUT2D eigenvalue weighted by atomic mass is 16.4. The van der Waals surface area contributed by atoms with Crippen LogP contribution in [0.15, 0.2) is 18.2 Å². The van der Waals surface area contributed by atoms with E-state index in [1.807, 2.05) is 0 Å². The van der Waals surface area contributed by atoms with Crippen LogP contribution < -0.4 is 11.2 Å². The van der Waals surface area contributed by atoms with Gasteiger partial charge in [-0.25, -0.2) is 4.85 Å². The molecule has 1 aromatic rings. The largest absolute Gasteiger partial charge is 0.490 e. The van der Waals surface area contributed by atoms with Crippen LogP contribution in [0.2, 0.25) is 0 Å². The van der Waals surface area contributed by atoms with Crippen LogP contribution in [-0.2, 0) is 0 Å². The van der Waals surface area contributed by atoms with Crippen LogP contribution in [-0.4, -0.2) is 17.2 Å². The highest BCUT2D eigenvalue weighted by Gasteiger charge is 2.13. The van der Waals surface area contributed by atoms with Gasteiger partial charge in [0.25, 0.3) is 0 Å². The molecule has 5 heteroatoms. The summed E-state index contributed by atoms with van der Waals surface area (Å²) in [6.07, 6.45) is 0. The lowest BCUT2D eigenvalue weighted by molar-refractivity contribution is 0.426. The van der Waals surface area contributed by atoms with Crippen molar-refractivity contribution in [1.82, 2.24) is 0 Å². The van der Waals surface area contributed by atoms with Crippen molar-refractivity contribution in [2.45, 2.75) is 0 Å². The molecule has 0 radical (unpaired) electrons. The quantitative estimate of drug-likeness (QED) is 0.296. The summed E-state index contributed by atoms with van der Waals surface area (Å²) in [6, 6.07) is 4.31. The van der Waals surface area contributed by atoms with Gasteiger partial charge in [0.15, 0.2) is 5.69 Å². The molecule has 0 saturated carbocycles. The Kier molecular flexibility index (Phi) is 2.33. The molecule has 0 heterocycles. The Bertz CT molecular complexity index is 333. The molecule has 0 spiro atoms. The molecule has 0 aliphatic carbocycles. The fourth-order valence-electron chi connectivity index (χ4n) is 0.867. The summed E-state index contributed by atoms with van der Waals surface area (Å²) in [6.45, 7) is 6.66. The lowest BCUT2D eigenvalue weighted by Crippen LogP contribution is -2.31. The van der Waals surface area contributed by atoms with Crippen LogP contribution in [0.25, 0.3) is 4.85 Å². The van der Waals surface area contributed by atoms with Crippen molar-refractivity contribution in [2.75, 3.05) is 5.73 Å². The van der Waals surface area contributed by atoms with Crippen LogP contribution in [0.3, 0.4) is 0 Å². The van der Waals surface area contributed by atoms with Gasteiger partial charge >= 0.3 is 7.12 Å². The van der Waals surface area contributed by atoms with Crippen LogP contribution in [0, 0.1) is 6.57 Å². The summed E-state index contributed by atoms with van der Waals surface area (Å²) in [4.78, 5) is 3.14. The summed E-state index contributed by atoms with van der Waals surface area (Å²) in [7, 11) is -1.58. The number of nitrogen functional groups attached to an aromatic ring is 1. The van der Waals surface area contributed by atoms with Gasteiger partial charge in [-0.15, -0.1) is 0 Å². The van der Waals surface area contributed by atoms with Crippen molar-refractivity contribution in [3.05, 3.63) is 29.6 Å². The summed E-state index contributed by atoms with van der Waals surface area (Å²) < 4.78 is 0. The molecule has 1 rings (SSSR count). The first-order chi connectivity index (χ1) is 5.65. The van der Waals surface area contributed by atoms with Crippen LogP contribution in [0.4, 0.5) is 11.4 Å². The Hall–Kier alpha value is -1.51. The van der Waals surface area contributed by atoms with Gasteiger partial charge in [-0.1, -0.05) is 12.1 Å². The van der Waals surface area contributed by atoms with Gasteiger partial charge in [-0.2, -0.15) is 0 Å². The smallest absolute Gasteiger partial charge is 0.423 e. The molecule has 4 N–H and O–H groups in total. The highest BCUT2D eigenvalue weighted by Crippen LogP contribution is 2.13. The molecule has 0 aliphatic rings. The minimum absolute atomic E-state index is 0.221. The van der Waals surface area contributed by atoms with E-state index in [2.05, 4.69) is 4.85 Å². The highest BCUT2D eigenvalue weighted by molar-refractivity contribution is 6.60. The molecule has 0 atom stereocenters. The van der Waals surface area contributed by atoms with Gasteiger partial charge in [0.05, 0.1) is 6.57 Å². The SMILES string of the molecule is [C-]#[N+]c1ccc(B(O)O)c(N)c1. The Morgan fingerprint density at radius 2 is 2.08 bits per heavy atom. The molecule has 4 nitrogen and oxygen atoms in total. The zero-order chi connectivity index (χ0) is 9.14. The Morgan fingerprint density at radius 3 is 2.50 bits per heavy atom. The van der Waals surface area contributed by atoms with Crippen molar-refractivity contribution in [1.29, 1.82) is 0 Å². The lowest BCUT2D eigenvalue weighted by Gasteiger charge is -2.03. The zero-order valence-electron chi connectivity index (χ0n) is 6.23. The molecule has 12 heavy (non-hydrogen) atoms. The zero-order valence-corrected chi connectivity index (χ0v) is 6.23. The summed E-state index contributed by atoms with van der Waals surface area (Å²) in [5.41, 5.74) is 6.27. The van der Waals surface area contributed by atoms with Gasteiger partial charge in [0, 0.05) is 11.2 Å². The van der Waals surface area contributed by atoms with E-state index in [0.29, 0.717) is 5.69 Å². The predicted molar refractivity (Wildman–Crippen MR) is 46.9 cm³/mol. The number of hydrogen-bond acceptors (Lipinski definition) is 3. The topological polar surface area (TPSA) is 70.8 Å². The van der Waals surface area contributed by atoms with Crippen molar-refractivity contribution in [3.63, 3.8) is 0 Å². The number of benzene rings is 1. The fourth-order valence-corrected chi connectivity index (χ4v) is 0.867. The number of nitrogens with two attached hydrogens (primary N) is 1. The van der Waals surface area contributed by atoms with Gasteiger partial charge < -0.3 is 15.8 Å². The molecule has 0 amide bonds. The summed E-state index contributed by atoms with van der Waals surface area (Å²) >= 11 is 0. The van der Waals surface area contributed by atoms with Gasteiger partial charge in [0.1, 0.15) is 0 Å². The molecule has 0 unspecified atom stereocenters. The lowest BCUT2D eigenvalue weighted by atomic mass is 9.79.